The van der Waals surface area contributed by atoms with Gasteiger partial charge in [-0.25, -0.2) is 4.39 Å². The first-order chi connectivity index (χ1) is 14.1. The molecule has 0 aliphatic heterocycles. The highest BCUT2D eigenvalue weighted by Crippen LogP contribution is 2.63. The smallest absolute Gasteiger partial charge is 0.323 e. The molecule has 0 aromatic heterocycles. The van der Waals surface area contributed by atoms with Crippen LogP contribution in [0.25, 0.3) is 0 Å². The van der Waals surface area contributed by atoms with Crippen molar-refractivity contribution in [2.45, 2.75) is 66.7 Å². The van der Waals surface area contributed by atoms with Crippen LogP contribution in [0.1, 0.15) is 19.8 Å². The van der Waals surface area contributed by atoms with Crippen molar-refractivity contribution in [1.29, 1.82) is 0 Å². The summed E-state index contributed by atoms with van der Waals surface area (Å²) in [6, 6.07) is 0. The summed E-state index contributed by atoms with van der Waals surface area (Å²) in [5.74, 6) is -48.5. The van der Waals surface area contributed by atoms with Gasteiger partial charge in [0.2, 0.25) is 0 Å². The highest BCUT2D eigenvalue weighted by Gasteiger charge is 2.94. The van der Waals surface area contributed by atoms with Gasteiger partial charge in [-0.3, -0.25) is 4.55 Å². The maximum atomic E-state index is 13.4. The summed E-state index contributed by atoms with van der Waals surface area (Å²) in [5.41, 5.74) is 0. The Hall–Kier alpha value is -1.18. The van der Waals surface area contributed by atoms with E-state index < -0.39 is 69.9 Å². The lowest BCUT2D eigenvalue weighted by atomic mass is 9.89. The van der Waals surface area contributed by atoms with Crippen LogP contribution in [0, 0.1) is 0 Å². The van der Waals surface area contributed by atoms with Crippen LogP contribution in [0.15, 0.2) is 0 Å². The molecule has 2 N–H and O–H groups in total. The lowest BCUT2D eigenvalue weighted by Crippen LogP contribution is -2.74. The fourth-order valence-electron chi connectivity index (χ4n) is 1.78. The third-order valence-electron chi connectivity index (χ3n) is 3.62. The molecule has 0 rings (SSSR count). The highest BCUT2D eigenvalue weighted by molar-refractivity contribution is 7.87. The van der Waals surface area contributed by atoms with Gasteiger partial charge in [-0.1, -0.05) is 13.3 Å². The Bertz CT molecular complexity index is 754. The van der Waals surface area contributed by atoms with E-state index in [0.29, 0.717) is 0 Å². The lowest BCUT2D eigenvalue weighted by molar-refractivity contribution is -0.439. The Morgan fingerprint density at radius 1 is 0.697 bits per heavy atom. The number of hydrogen-bond donors (Lipinski definition) is 2. The molecular weight excluding hydrogens is 535 g/mol. The first kappa shape index (κ1) is 34.0. The van der Waals surface area contributed by atoms with Crippen LogP contribution < -0.4 is 5.32 Å². The topological polar surface area (TPSA) is 66.4 Å². The zero-order valence-corrected chi connectivity index (χ0v) is 17.1. The summed E-state index contributed by atoms with van der Waals surface area (Å²) in [6.07, 6.45) is -6.96. The second-order valence-corrected chi connectivity index (χ2v) is 7.71. The van der Waals surface area contributed by atoms with Gasteiger partial charge in [-0.15, -0.1) is 0 Å². The van der Waals surface area contributed by atoms with Crippen LogP contribution in [-0.2, 0) is 10.1 Å². The standard InChI is InChI=1S/C11H9F15O3S.C2H7N/c1-2-3-4(12)5(13,14)6(15,16)7(17,18)8(19,20)9(21,22)10(23,24)11(25,26)30(27,28)29;1-3-2/h4H,2-3H2,1H3,(H,27,28,29);3H,1-2H3. The van der Waals surface area contributed by atoms with E-state index in [-0.39, 0.29) is 0 Å². The Morgan fingerprint density at radius 3 is 1.24 bits per heavy atom. The van der Waals surface area contributed by atoms with Crippen LogP contribution in [0.3, 0.4) is 0 Å². The van der Waals surface area contributed by atoms with E-state index in [0.717, 1.165) is 6.92 Å². The Balaban J connectivity index is 0. The van der Waals surface area contributed by atoms with Crippen molar-refractivity contribution in [2.75, 3.05) is 14.1 Å². The van der Waals surface area contributed by atoms with Gasteiger partial charge in [-0.2, -0.15) is 69.9 Å². The van der Waals surface area contributed by atoms with Crippen molar-refractivity contribution in [3.05, 3.63) is 0 Å². The molecule has 20 heteroatoms. The summed E-state index contributed by atoms with van der Waals surface area (Å²) in [4.78, 5) is 0. The van der Waals surface area contributed by atoms with E-state index in [9.17, 15) is 74.3 Å². The van der Waals surface area contributed by atoms with E-state index in [2.05, 4.69) is 5.32 Å². The minimum absolute atomic E-state index is 0.791. The van der Waals surface area contributed by atoms with Crippen LogP contribution in [0.5, 0.6) is 0 Å². The molecule has 0 spiro atoms. The van der Waals surface area contributed by atoms with Gasteiger partial charge in [-0.05, 0) is 20.5 Å². The second-order valence-electron chi connectivity index (χ2n) is 6.24. The summed E-state index contributed by atoms with van der Waals surface area (Å²) in [7, 11) is -4.02. The molecule has 1 unspecified atom stereocenters. The van der Waals surface area contributed by atoms with Crippen LogP contribution in [0.4, 0.5) is 65.9 Å². The predicted octanol–water partition coefficient (Wildman–Crippen LogP) is 5.25. The molecule has 0 saturated carbocycles. The summed E-state index contributed by atoms with van der Waals surface area (Å²) in [6.45, 7) is 0.791. The van der Waals surface area contributed by atoms with E-state index >= 15 is 0 Å². The molecule has 0 bridgehead atoms. The Labute approximate surface area is 176 Å². The number of nitrogens with one attached hydrogen (secondary N) is 1. The maximum absolute atomic E-state index is 13.4. The molecule has 33 heavy (non-hydrogen) atoms. The Kier molecular flexibility index (Phi) is 10.1. The number of halogens is 15. The molecule has 0 aromatic rings. The van der Waals surface area contributed by atoms with Gasteiger partial charge < -0.3 is 5.32 Å². The molecule has 0 aromatic carbocycles. The fourth-order valence-corrected chi connectivity index (χ4v) is 2.23. The van der Waals surface area contributed by atoms with E-state index in [1.54, 1.807) is 0 Å². The quantitative estimate of drug-likeness (QED) is 0.288. The van der Waals surface area contributed by atoms with E-state index in [4.69, 9.17) is 4.55 Å². The van der Waals surface area contributed by atoms with Crippen molar-refractivity contribution >= 4 is 10.1 Å². The molecule has 0 radical (unpaired) electrons. The Morgan fingerprint density at radius 2 is 0.970 bits per heavy atom. The van der Waals surface area contributed by atoms with Gasteiger partial charge in [0.1, 0.15) is 0 Å². The molecule has 0 fully saturated rings. The van der Waals surface area contributed by atoms with Crippen LogP contribution in [-0.4, -0.2) is 74.0 Å². The third kappa shape index (κ3) is 5.10. The zero-order chi connectivity index (χ0) is 27.7. The van der Waals surface area contributed by atoms with Crippen molar-refractivity contribution in [3.63, 3.8) is 0 Å². The van der Waals surface area contributed by atoms with Crippen molar-refractivity contribution in [1.82, 2.24) is 5.32 Å². The van der Waals surface area contributed by atoms with Gasteiger partial charge in [0, 0.05) is 0 Å². The molecule has 1 atom stereocenters. The minimum atomic E-state index is -8.55. The van der Waals surface area contributed by atoms with E-state index in [1.165, 1.54) is 0 Å². The maximum Gasteiger partial charge on any atom is 0.438 e. The molecule has 0 aliphatic rings. The SMILES string of the molecule is CCCC(F)C(F)(F)C(F)(F)C(F)(F)C(F)(F)C(F)(F)C(F)(F)C(F)(F)S(=O)(=O)O.CNC. The summed E-state index contributed by atoms with van der Waals surface area (Å²) in [5, 5.41) is -4.94. The molecular formula is C13H16F15NO3S. The van der Waals surface area contributed by atoms with Gasteiger partial charge in [0.15, 0.2) is 6.17 Å². The average molecular weight is 551 g/mol. The van der Waals surface area contributed by atoms with Crippen LogP contribution in [0.2, 0.25) is 0 Å². The fraction of sp³-hybridized carbons (Fsp3) is 1.00. The number of rotatable bonds is 10. The van der Waals surface area contributed by atoms with Gasteiger partial charge >= 0.3 is 50.9 Å². The molecule has 202 valence electrons. The highest BCUT2D eigenvalue weighted by atomic mass is 32.2. The number of hydrogen-bond acceptors (Lipinski definition) is 3. The zero-order valence-electron chi connectivity index (χ0n) is 16.3. The van der Waals surface area contributed by atoms with Crippen LogP contribution >= 0.6 is 0 Å². The largest absolute Gasteiger partial charge is 0.438 e. The van der Waals surface area contributed by atoms with Crippen molar-refractivity contribution in [3.8, 4) is 0 Å². The van der Waals surface area contributed by atoms with E-state index in [1.807, 2.05) is 14.1 Å². The molecule has 0 heterocycles. The average Bonchev–Trinajstić information content (AvgIpc) is 2.60. The first-order valence-corrected chi connectivity index (χ1v) is 9.43. The lowest BCUT2D eigenvalue weighted by Gasteiger charge is -2.42. The molecule has 0 amide bonds. The molecule has 0 saturated heterocycles. The number of alkyl halides is 15. The van der Waals surface area contributed by atoms with Crippen molar-refractivity contribution < 1.29 is 78.8 Å². The van der Waals surface area contributed by atoms with Crippen molar-refractivity contribution in [2.24, 2.45) is 0 Å². The minimum Gasteiger partial charge on any atom is -0.323 e. The monoisotopic (exact) mass is 551 g/mol. The third-order valence-corrected chi connectivity index (χ3v) is 4.53. The first-order valence-electron chi connectivity index (χ1n) is 7.99. The summed E-state index contributed by atoms with van der Waals surface area (Å²) >= 11 is 0. The van der Waals surface area contributed by atoms with Gasteiger partial charge in [0.25, 0.3) is 0 Å². The molecule has 4 nitrogen and oxygen atoms in total. The van der Waals surface area contributed by atoms with Gasteiger partial charge in [0.05, 0.1) is 0 Å². The molecule has 0 aliphatic carbocycles. The second kappa shape index (κ2) is 9.82. The predicted molar refractivity (Wildman–Crippen MR) is 81.0 cm³/mol. The summed E-state index contributed by atoms with van der Waals surface area (Å²) < 4.78 is 226. The normalized spacial score (nSPS) is 16.2.